The van der Waals surface area contributed by atoms with Crippen LogP contribution in [0.15, 0.2) is 18.2 Å². The Bertz CT molecular complexity index is 939. The van der Waals surface area contributed by atoms with Crippen LogP contribution in [0.2, 0.25) is 10.0 Å². The maximum atomic E-state index is 12.8. The van der Waals surface area contributed by atoms with E-state index >= 15 is 0 Å². The van der Waals surface area contributed by atoms with Crippen molar-refractivity contribution in [3.05, 3.63) is 39.6 Å². The summed E-state index contributed by atoms with van der Waals surface area (Å²) in [4.78, 5) is 27.1. The van der Waals surface area contributed by atoms with Crippen LogP contribution in [0.3, 0.4) is 0 Å². The van der Waals surface area contributed by atoms with E-state index in [0.29, 0.717) is 21.4 Å². The minimum Gasteiger partial charge on any atom is -0.340 e. The topological polar surface area (TPSA) is 130 Å². The zero-order chi connectivity index (χ0) is 20.2. The van der Waals surface area contributed by atoms with Gasteiger partial charge in [0, 0.05) is 4.75 Å². The van der Waals surface area contributed by atoms with Crippen LogP contribution in [-0.2, 0) is 9.59 Å². The van der Waals surface area contributed by atoms with Crippen molar-refractivity contribution in [2.75, 3.05) is 0 Å². The fourth-order valence-corrected chi connectivity index (χ4v) is 5.52. The molecular formula is C16H17Cl2N7O2S. The lowest BCUT2D eigenvalue weighted by Gasteiger charge is -2.44. The van der Waals surface area contributed by atoms with Crippen LogP contribution in [0, 0.1) is 0 Å². The van der Waals surface area contributed by atoms with Crippen molar-refractivity contribution in [3.8, 4) is 0 Å². The summed E-state index contributed by atoms with van der Waals surface area (Å²) >= 11 is 13.5. The highest BCUT2D eigenvalue weighted by atomic mass is 35.5. The first-order valence-corrected chi connectivity index (χ1v) is 10.1. The number of rotatable bonds is 4. The van der Waals surface area contributed by atoms with E-state index in [9.17, 15) is 9.59 Å². The van der Waals surface area contributed by atoms with Crippen LogP contribution in [0.5, 0.6) is 0 Å². The number of nitrogens with one attached hydrogen (secondary N) is 2. The van der Waals surface area contributed by atoms with E-state index in [2.05, 4.69) is 25.9 Å². The van der Waals surface area contributed by atoms with E-state index in [1.807, 2.05) is 13.8 Å². The summed E-state index contributed by atoms with van der Waals surface area (Å²) in [5, 5.41) is 17.1. The predicted octanol–water partition coefficient (Wildman–Crippen LogP) is 1.43. The standard InChI is InChI=1S/C16H17Cl2N7O2S/c1-16(2)11(12-21-23-24-22-12)25-14(27)10(15(25)28-16)20-13(26)9(19)6-3-4-7(17)8(18)5-6/h3-5,9-11,15H,19H2,1-2H3,(H,20,26)(H,21,22,23,24)/t9?,10?,11?,15-/m1/s1. The van der Waals surface area contributed by atoms with Gasteiger partial charge in [-0.1, -0.05) is 29.3 Å². The first kappa shape index (κ1) is 19.4. The molecule has 0 spiro atoms. The summed E-state index contributed by atoms with van der Waals surface area (Å²) in [5.41, 5.74) is 6.56. The average Bonchev–Trinajstić information content (AvgIpc) is 3.25. The highest BCUT2D eigenvalue weighted by Gasteiger charge is 2.63. The van der Waals surface area contributed by atoms with Gasteiger partial charge in [-0.2, -0.15) is 0 Å². The third-order valence-electron chi connectivity index (χ3n) is 4.94. The molecule has 4 N–H and O–H groups in total. The molecule has 12 heteroatoms. The number of nitrogens with zero attached hydrogens (tertiary/aromatic N) is 4. The molecule has 0 bridgehead atoms. The van der Waals surface area contributed by atoms with E-state index in [-0.39, 0.29) is 22.1 Å². The molecular weight excluding hydrogens is 425 g/mol. The number of nitrogens with two attached hydrogens (primary N) is 1. The van der Waals surface area contributed by atoms with Gasteiger partial charge in [-0.25, -0.2) is 5.10 Å². The molecule has 4 atom stereocenters. The van der Waals surface area contributed by atoms with E-state index in [1.54, 1.807) is 34.9 Å². The number of β-lactam (4-membered cyclic amide) rings is 1. The molecule has 2 aromatic rings. The van der Waals surface area contributed by atoms with Crippen LogP contribution < -0.4 is 11.1 Å². The highest BCUT2D eigenvalue weighted by molar-refractivity contribution is 8.01. The lowest BCUT2D eigenvalue weighted by atomic mass is 9.95. The van der Waals surface area contributed by atoms with Crippen LogP contribution in [-0.4, -0.2) is 53.5 Å². The third-order valence-corrected chi connectivity index (χ3v) is 7.26. The number of hydrogen-bond donors (Lipinski definition) is 3. The Morgan fingerprint density at radius 2 is 2.14 bits per heavy atom. The van der Waals surface area contributed by atoms with Gasteiger partial charge < -0.3 is 16.0 Å². The maximum absolute atomic E-state index is 12.8. The van der Waals surface area contributed by atoms with E-state index in [4.69, 9.17) is 28.9 Å². The van der Waals surface area contributed by atoms with Gasteiger partial charge >= 0.3 is 0 Å². The van der Waals surface area contributed by atoms with Crippen molar-refractivity contribution in [2.45, 2.75) is 42.1 Å². The number of H-pyrrole nitrogens is 1. The molecule has 148 valence electrons. The number of carbonyl (C=O) groups excluding carboxylic acids is 2. The summed E-state index contributed by atoms with van der Waals surface area (Å²) < 4.78 is -0.327. The molecule has 3 unspecified atom stereocenters. The fraction of sp³-hybridized carbons (Fsp3) is 0.438. The number of aromatic amines is 1. The number of amides is 2. The molecule has 2 amide bonds. The Balaban J connectivity index is 1.49. The van der Waals surface area contributed by atoms with Gasteiger partial charge in [0.25, 0.3) is 0 Å². The monoisotopic (exact) mass is 441 g/mol. The van der Waals surface area contributed by atoms with Crippen LogP contribution in [0.1, 0.15) is 37.3 Å². The number of benzene rings is 1. The molecule has 4 rings (SSSR count). The zero-order valence-corrected chi connectivity index (χ0v) is 17.2. The minimum absolute atomic E-state index is 0.195. The number of tetrazole rings is 1. The molecule has 28 heavy (non-hydrogen) atoms. The lowest BCUT2D eigenvalue weighted by molar-refractivity contribution is -0.152. The molecule has 0 aliphatic carbocycles. The van der Waals surface area contributed by atoms with Crippen molar-refractivity contribution in [1.29, 1.82) is 0 Å². The van der Waals surface area contributed by atoms with Gasteiger partial charge in [0.1, 0.15) is 23.5 Å². The smallest absolute Gasteiger partial charge is 0.249 e. The maximum Gasteiger partial charge on any atom is 0.249 e. The highest BCUT2D eigenvalue weighted by Crippen LogP contribution is 2.56. The second-order valence-electron chi connectivity index (χ2n) is 7.18. The summed E-state index contributed by atoms with van der Waals surface area (Å²) in [6, 6.07) is 2.82. The predicted molar refractivity (Wildman–Crippen MR) is 105 cm³/mol. The molecule has 0 saturated carbocycles. The van der Waals surface area contributed by atoms with Crippen molar-refractivity contribution in [2.24, 2.45) is 5.73 Å². The van der Waals surface area contributed by atoms with Gasteiger partial charge in [0.05, 0.1) is 10.0 Å². The average molecular weight is 442 g/mol. The Hall–Kier alpha value is -1.88. The number of fused-ring (bicyclic) bond motifs is 1. The Labute approximate surface area is 174 Å². The Kier molecular flexibility index (Phi) is 4.77. The zero-order valence-electron chi connectivity index (χ0n) is 14.9. The van der Waals surface area contributed by atoms with Crippen LogP contribution >= 0.6 is 35.0 Å². The summed E-state index contributed by atoms with van der Waals surface area (Å²) in [6.45, 7) is 4.02. The molecule has 3 heterocycles. The third kappa shape index (κ3) is 3.04. The van der Waals surface area contributed by atoms with Crippen molar-refractivity contribution in [1.82, 2.24) is 30.8 Å². The first-order chi connectivity index (χ1) is 13.2. The van der Waals surface area contributed by atoms with Crippen LogP contribution in [0.25, 0.3) is 0 Å². The molecule has 2 aliphatic heterocycles. The van der Waals surface area contributed by atoms with E-state index in [1.165, 1.54) is 0 Å². The van der Waals surface area contributed by atoms with Gasteiger partial charge in [0.15, 0.2) is 5.82 Å². The largest absolute Gasteiger partial charge is 0.340 e. The number of aromatic nitrogens is 4. The second kappa shape index (κ2) is 6.87. The van der Waals surface area contributed by atoms with Gasteiger partial charge in [-0.3, -0.25) is 9.59 Å². The molecule has 9 nitrogen and oxygen atoms in total. The summed E-state index contributed by atoms with van der Waals surface area (Å²) in [7, 11) is 0. The van der Waals surface area contributed by atoms with Gasteiger partial charge in [-0.05, 0) is 42.0 Å². The van der Waals surface area contributed by atoms with Crippen molar-refractivity contribution < 1.29 is 9.59 Å². The van der Waals surface area contributed by atoms with E-state index in [0.717, 1.165) is 0 Å². The van der Waals surface area contributed by atoms with Gasteiger partial charge in [0.2, 0.25) is 11.8 Å². The molecule has 1 aromatic heterocycles. The molecule has 2 aliphatic rings. The number of hydrogen-bond acceptors (Lipinski definition) is 7. The Morgan fingerprint density at radius 1 is 1.39 bits per heavy atom. The van der Waals surface area contributed by atoms with Crippen LogP contribution in [0.4, 0.5) is 0 Å². The minimum atomic E-state index is -0.967. The molecule has 1 aromatic carbocycles. The quantitative estimate of drug-likeness (QED) is 0.611. The number of halogens is 2. The molecule has 2 fully saturated rings. The SMILES string of the molecule is CC1(C)S[C@@H]2C(NC(=O)C(N)c3ccc(Cl)c(Cl)c3)C(=O)N2C1c1nnn[nH]1. The fourth-order valence-electron chi connectivity index (χ4n) is 3.57. The summed E-state index contributed by atoms with van der Waals surface area (Å²) in [6.07, 6.45) is 0. The Morgan fingerprint density at radius 3 is 2.79 bits per heavy atom. The second-order valence-corrected chi connectivity index (χ2v) is 9.77. The van der Waals surface area contributed by atoms with E-state index < -0.39 is 18.0 Å². The first-order valence-electron chi connectivity index (χ1n) is 8.45. The van der Waals surface area contributed by atoms with Crippen molar-refractivity contribution in [3.63, 3.8) is 0 Å². The lowest BCUT2D eigenvalue weighted by Crippen LogP contribution is -2.68. The van der Waals surface area contributed by atoms with Crippen molar-refractivity contribution >= 4 is 46.8 Å². The van der Waals surface area contributed by atoms with Gasteiger partial charge in [-0.15, -0.1) is 16.9 Å². The molecule has 2 saturated heterocycles. The number of carbonyl (C=O) groups is 2. The molecule has 0 radical (unpaired) electrons. The number of thioether (sulfide) groups is 1. The summed E-state index contributed by atoms with van der Waals surface area (Å²) in [5.74, 6) is -0.135. The normalized spacial score (nSPS) is 26.5.